The van der Waals surface area contributed by atoms with Crippen LogP contribution >= 0.6 is 0 Å². The van der Waals surface area contributed by atoms with Crippen LogP contribution in [0.25, 0.3) is 0 Å². The highest BCUT2D eigenvalue weighted by Gasteiger charge is 2.55. The van der Waals surface area contributed by atoms with Crippen LogP contribution < -0.4 is 10.6 Å². The molecular formula is C20H33N3O2. The molecule has 5 rings (SSSR count). The van der Waals surface area contributed by atoms with Gasteiger partial charge in [0.15, 0.2) is 0 Å². The maximum absolute atomic E-state index is 13.3. The highest BCUT2D eigenvalue weighted by Crippen LogP contribution is 2.60. The van der Waals surface area contributed by atoms with Crippen molar-refractivity contribution in [2.45, 2.75) is 70.8 Å². The van der Waals surface area contributed by atoms with Crippen molar-refractivity contribution in [3.63, 3.8) is 0 Å². The predicted octanol–water partition coefficient (Wildman–Crippen LogP) is 2.90. The fourth-order valence-corrected chi connectivity index (χ4v) is 6.41. The number of urea groups is 1. The molecule has 1 saturated heterocycles. The largest absolute Gasteiger partial charge is 0.342 e. The van der Waals surface area contributed by atoms with Crippen LogP contribution in [-0.4, -0.2) is 42.5 Å². The molecule has 0 radical (unpaired) electrons. The first-order valence-corrected chi connectivity index (χ1v) is 10.4. The molecule has 5 nitrogen and oxygen atoms in total. The Kier molecular flexibility index (Phi) is 4.67. The van der Waals surface area contributed by atoms with Gasteiger partial charge in [-0.05, 0) is 75.5 Å². The summed E-state index contributed by atoms with van der Waals surface area (Å²) >= 11 is 0. The van der Waals surface area contributed by atoms with Gasteiger partial charge < -0.3 is 15.5 Å². The Morgan fingerprint density at radius 1 is 1.00 bits per heavy atom. The summed E-state index contributed by atoms with van der Waals surface area (Å²) in [6.07, 6.45) is 10.3. The van der Waals surface area contributed by atoms with Gasteiger partial charge in [0, 0.05) is 25.7 Å². The summed E-state index contributed by atoms with van der Waals surface area (Å²) in [4.78, 5) is 27.3. The second-order valence-corrected chi connectivity index (χ2v) is 9.16. The van der Waals surface area contributed by atoms with Crippen molar-refractivity contribution in [2.24, 2.45) is 23.2 Å². The number of nitrogens with one attached hydrogen (secondary N) is 2. The number of rotatable bonds is 4. The Bertz CT molecular complexity index is 490. The van der Waals surface area contributed by atoms with Crippen molar-refractivity contribution >= 4 is 11.9 Å². The minimum absolute atomic E-state index is 0.0203. The Balaban J connectivity index is 1.31. The third-order valence-electron chi connectivity index (χ3n) is 7.14. The quantitative estimate of drug-likeness (QED) is 0.821. The minimum atomic E-state index is -0.0623. The third-order valence-corrected chi connectivity index (χ3v) is 7.14. The van der Waals surface area contributed by atoms with E-state index in [2.05, 4.69) is 22.5 Å². The zero-order valence-electron chi connectivity index (χ0n) is 15.6. The predicted molar refractivity (Wildman–Crippen MR) is 97.0 cm³/mol. The van der Waals surface area contributed by atoms with Gasteiger partial charge in [0.1, 0.15) is 0 Å². The van der Waals surface area contributed by atoms with Gasteiger partial charge in [0.05, 0.1) is 5.41 Å². The molecule has 4 saturated carbocycles. The standard InChI is InChI=1S/C20H33N3O2/c1-2-5-21-19(25)22-17-3-6-23(7-4-17)18(24)20-11-14-8-15(12-20)10-16(9-14)13-20/h14-17H,2-13H2,1H3,(H2,21,22,25). The molecule has 4 bridgehead atoms. The number of carbonyl (C=O) groups excluding carboxylic acids is 2. The van der Waals surface area contributed by atoms with Crippen LogP contribution in [0.3, 0.4) is 0 Å². The van der Waals surface area contributed by atoms with E-state index in [0.29, 0.717) is 5.91 Å². The topological polar surface area (TPSA) is 61.4 Å². The molecule has 0 spiro atoms. The summed E-state index contributed by atoms with van der Waals surface area (Å²) in [5, 5.41) is 5.93. The molecule has 1 aliphatic heterocycles. The molecule has 0 unspecified atom stereocenters. The average Bonchev–Trinajstić information content (AvgIpc) is 2.59. The Labute approximate surface area is 151 Å². The van der Waals surface area contributed by atoms with Crippen molar-refractivity contribution in [2.75, 3.05) is 19.6 Å². The number of piperidine rings is 1. The van der Waals surface area contributed by atoms with E-state index in [1.807, 2.05) is 0 Å². The van der Waals surface area contributed by atoms with Crippen LogP contribution in [0.2, 0.25) is 0 Å². The van der Waals surface area contributed by atoms with Gasteiger partial charge in [-0.15, -0.1) is 0 Å². The van der Waals surface area contributed by atoms with Crippen LogP contribution in [-0.2, 0) is 4.79 Å². The van der Waals surface area contributed by atoms with Gasteiger partial charge in [-0.3, -0.25) is 4.79 Å². The van der Waals surface area contributed by atoms with Crippen LogP contribution in [0.4, 0.5) is 4.79 Å². The maximum atomic E-state index is 13.3. The molecule has 0 aromatic heterocycles. The molecular weight excluding hydrogens is 314 g/mol. The van der Waals surface area contributed by atoms with Gasteiger partial charge in [0.25, 0.3) is 0 Å². The summed E-state index contributed by atoms with van der Waals surface area (Å²) < 4.78 is 0. The van der Waals surface area contributed by atoms with Crippen LogP contribution in [0.1, 0.15) is 64.7 Å². The Morgan fingerprint density at radius 3 is 2.08 bits per heavy atom. The van der Waals surface area contributed by atoms with Crippen molar-refractivity contribution in [1.82, 2.24) is 15.5 Å². The number of carbonyl (C=O) groups is 2. The zero-order valence-corrected chi connectivity index (χ0v) is 15.6. The highest BCUT2D eigenvalue weighted by atomic mass is 16.2. The molecule has 0 aromatic rings. The lowest BCUT2D eigenvalue weighted by atomic mass is 9.49. The van der Waals surface area contributed by atoms with E-state index in [1.54, 1.807) is 0 Å². The third kappa shape index (κ3) is 3.39. The fraction of sp³-hybridized carbons (Fsp3) is 0.900. The molecule has 5 fully saturated rings. The average molecular weight is 348 g/mol. The lowest BCUT2D eigenvalue weighted by Gasteiger charge is -2.57. The molecule has 25 heavy (non-hydrogen) atoms. The molecule has 3 amide bonds. The van der Waals surface area contributed by atoms with Gasteiger partial charge in [0.2, 0.25) is 5.91 Å². The van der Waals surface area contributed by atoms with Gasteiger partial charge in [-0.2, -0.15) is 0 Å². The van der Waals surface area contributed by atoms with Gasteiger partial charge >= 0.3 is 6.03 Å². The zero-order chi connectivity index (χ0) is 17.4. The van der Waals surface area contributed by atoms with Crippen molar-refractivity contribution < 1.29 is 9.59 Å². The van der Waals surface area contributed by atoms with E-state index in [0.717, 1.165) is 75.9 Å². The summed E-state index contributed by atoms with van der Waals surface area (Å²) in [6.45, 7) is 4.38. The molecule has 5 heteroatoms. The first kappa shape index (κ1) is 17.2. The second kappa shape index (κ2) is 6.81. The smallest absolute Gasteiger partial charge is 0.315 e. The SMILES string of the molecule is CCCNC(=O)NC1CCN(C(=O)C23CC4CC(CC(C4)C2)C3)CC1. The van der Waals surface area contributed by atoms with Crippen molar-refractivity contribution in [1.29, 1.82) is 0 Å². The lowest BCUT2D eigenvalue weighted by Crippen LogP contribution is -2.57. The van der Waals surface area contributed by atoms with Crippen LogP contribution in [0.15, 0.2) is 0 Å². The van der Waals surface area contributed by atoms with E-state index in [1.165, 1.54) is 19.3 Å². The number of hydrogen-bond acceptors (Lipinski definition) is 2. The Hall–Kier alpha value is -1.26. The number of likely N-dealkylation sites (tertiary alicyclic amines) is 1. The molecule has 140 valence electrons. The molecule has 4 aliphatic carbocycles. The molecule has 5 aliphatic rings. The van der Waals surface area contributed by atoms with E-state index in [9.17, 15) is 9.59 Å². The lowest BCUT2D eigenvalue weighted by molar-refractivity contribution is -0.158. The number of hydrogen-bond donors (Lipinski definition) is 2. The normalized spacial score (nSPS) is 37.2. The molecule has 1 heterocycles. The summed E-state index contributed by atoms with van der Waals surface area (Å²) in [5.74, 6) is 2.89. The summed E-state index contributed by atoms with van der Waals surface area (Å²) in [6, 6.07) is 0.143. The van der Waals surface area contributed by atoms with E-state index < -0.39 is 0 Å². The van der Waals surface area contributed by atoms with Gasteiger partial charge in [-0.1, -0.05) is 6.92 Å². The van der Waals surface area contributed by atoms with E-state index in [4.69, 9.17) is 0 Å². The summed E-state index contributed by atoms with van der Waals surface area (Å²) in [7, 11) is 0. The van der Waals surface area contributed by atoms with Gasteiger partial charge in [-0.25, -0.2) is 4.79 Å². The fourth-order valence-electron chi connectivity index (χ4n) is 6.41. The number of nitrogens with zero attached hydrogens (tertiary/aromatic N) is 1. The second-order valence-electron chi connectivity index (χ2n) is 9.16. The van der Waals surface area contributed by atoms with Crippen LogP contribution in [0, 0.1) is 23.2 Å². The number of amides is 3. The van der Waals surface area contributed by atoms with Crippen LogP contribution in [0.5, 0.6) is 0 Å². The summed E-state index contributed by atoms with van der Waals surface area (Å²) in [5.41, 5.74) is -0.0203. The first-order valence-electron chi connectivity index (χ1n) is 10.4. The maximum Gasteiger partial charge on any atom is 0.315 e. The minimum Gasteiger partial charge on any atom is -0.342 e. The van der Waals surface area contributed by atoms with Crippen molar-refractivity contribution in [3.8, 4) is 0 Å². The molecule has 0 aromatic carbocycles. The Morgan fingerprint density at radius 2 is 1.56 bits per heavy atom. The molecule has 0 atom stereocenters. The highest BCUT2D eigenvalue weighted by molar-refractivity contribution is 5.83. The van der Waals surface area contributed by atoms with E-state index >= 15 is 0 Å². The van der Waals surface area contributed by atoms with E-state index in [-0.39, 0.29) is 17.5 Å². The monoisotopic (exact) mass is 347 g/mol. The van der Waals surface area contributed by atoms with Crippen molar-refractivity contribution in [3.05, 3.63) is 0 Å². The first-order chi connectivity index (χ1) is 12.1. The molecule has 2 N–H and O–H groups in total.